The number of carbonyl (C=O) groups is 3. The Kier molecular flexibility index (Phi) is 4.69. The number of carbonyl (C=O) groups excluding carboxylic acids is 3. The van der Waals surface area contributed by atoms with Crippen LogP contribution in [0.1, 0.15) is 17.4 Å². The lowest BCUT2D eigenvalue weighted by Crippen LogP contribution is -2.61. The topological polar surface area (TPSA) is 86.7 Å². The Hall–Kier alpha value is -2.51. The molecule has 1 atom stereocenters. The molecule has 1 saturated heterocycles. The van der Waals surface area contributed by atoms with E-state index in [1.807, 2.05) is 0 Å². The van der Waals surface area contributed by atoms with E-state index in [9.17, 15) is 14.4 Å². The summed E-state index contributed by atoms with van der Waals surface area (Å²) in [6.45, 7) is 2.34. The second kappa shape index (κ2) is 6.50. The van der Waals surface area contributed by atoms with Crippen molar-refractivity contribution in [1.82, 2.24) is 24.7 Å². The van der Waals surface area contributed by atoms with Crippen LogP contribution in [-0.4, -0.2) is 82.2 Å². The molecule has 8 heteroatoms. The molecule has 8 nitrogen and oxygen atoms in total. The van der Waals surface area contributed by atoms with Gasteiger partial charge in [0.05, 0.1) is 12.7 Å². The molecular formula is C14H19N5O3. The zero-order valence-corrected chi connectivity index (χ0v) is 12.9. The maximum atomic E-state index is 12.6. The van der Waals surface area contributed by atoms with Gasteiger partial charge in [-0.25, -0.2) is 4.98 Å². The number of nitrogens with zero attached hydrogens (tertiary/aromatic N) is 5. The normalized spacial score (nSPS) is 18.0. The molecule has 0 radical (unpaired) electrons. The molecule has 0 unspecified atom stereocenters. The number of amides is 3. The second-order valence-corrected chi connectivity index (χ2v) is 5.30. The molecule has 1 fully saturated rings. The third-order valence-electron chi connectivity index (χ3n) is 3.59. The van der Waals surface area contributed by atoms with Gasteiger partial charge in [-0.2, -0.15) is 0 Å². The van der Waals surface area contributed by atoms with Crippen LogP contribution in [0.15, 0.2) is 18.6 Å². The number of hydrogen-bond acceptors (Lipinski definition) is 5. The highest BCUT2D eigenvalue weighted by atomic mass is 16.2. The van der Waals surface area contributed by atoms with Crippen LogP contribution in [0.2, 0.25) is 0 Å². The molecule has 0 spiro atoms. The summed E-state index contributed by atoms with van der Waals surface area (Å²) in [5, 5.41) is 0. The summed E-state index contributed by atoms with van der Waals surface area (Å²) in [5.74, 6) is -0.678. The van der Waals surface area contributed by atoms with E-state index < -0.39 is 6.04 Å². The zero-order chi connectivity index (χ0) is 16.3. The van der Waals surface area contributed by atoms with Crippen molar-refractivity contribution < 1.29 is 14.4 Å². The first kappa shape index (κ1) is 15.9. The van der Waals surface area contributed by atoms with Crippen molar-refractivity contribution in [2.45, 2.75) is 13.0 Å². The molecule has 1 aliphatic heterocycles. The Morgan fingerprint density at radius 3 is 2.50 bits per heavy atom. The maximum absolute atomic E-state index is 12.6. The molecular weight excluding hydrogens is 286 g/mol. The predicted octanol–water partition coefficient (Wildman–Crippen LogP) is -0.762. The fraction of sp³-hybridized carbons (Fsp3) is 0.500. The number of hydrogen-bond donors (Lipinski definition) is 0. The van der Waals surface area contributed by atoms with E-state index in [-0.39, 0.29) is 30.0 Å². The minimum atomic E-state index is -0.706. The van der Waals surface area contributed by atoms with Gasteiger partial charge in [0.25, 0.3) is 5.91 Å². The van der Waals surface area contributed by atoms with Crippen molar-refractivity contribution in [3.63, 3.8) is 0 Å². The van der Waals surface area contributed by atoms with E-state index in [1.54, 1.807) is 19.0 Å². The van der Waals surface area contributed by atoms with Crippen molar-refractivity contribution in [1.29, 1.82) is 0 Å². The highest BCUT2D eigenvalue weighted by Crippen LogP contribution is 2.15. The van der Waals surface area contributed by atoms with Crippen LogP contribution in [0, 0.1) is 0 Å². The molecule has 0 bridgehead atoms. The lowest BCUT2D eigenvalue weighted by Gasteiger charge is -2.40. The first-order valence-corrected chi connectivity index (χ1v) is 6.95. The number of aromatic nitrogens is 2. The van der Waals surface area contributed by atoms with Gasteiger partial charge in [0.2, 0.25) is 11.8 Å². The first-order chi connectivity index (χ1) is 10.4. The second-order valence-electron chi connectivity index (χ2n) is 5.30. The van der Waals surface area contributed by atoms with E-state index in [0.29, 0.717) is 13.1 Å². The van der Waals surface area contributed by atoms with Gasteiger partial charge in [-0.15, -0.1) is 0 Å². The summed E-state index contributed by atoms with van der Waals surface area (Å²) >= 11 is 0. The van der Waals surface area contributed by atoms with Crippen LogP contribution in [0.4, 0.5) is 0 Å². The highest BCUT2D eigenvalue weighted by molar-refractivity contribution is 5.96. The van der Waals surface area contributed by atoms with Crippen LogP contribution in [-0.2, 0) is 9.59 Å². The van der Waals surface area contributed by atoms with Gasteiger partial charge in [-0.1, -0.05) is 0 Å². The van der Waals surface area contributed by atoms with Gasteiger partial charge in [0, 0.05) is 46.5 Å². The van der Waals surface area contributed by atoms with Gasteiger partial charge < -0.3 is 14.7 Å². The number of likely N-dealkylation sites (N-methyl/N-ethyl adjacent to an activating group) is 1. The number of rotatable bonds is 2. The molecule has 2 heterocycles. The summed E-state index contributed by atoms with van der Waals surface area (Å²) < 4.78 is 0. The summed E-state index contributed by atoms with van der Waals surface area (Å²) in [6.07, 6.45) is 4.28. The fourth-order valence-corrected chi connectivity index (χ4v) is 2.38. The summed E-state index contributed by atoms with van der Waals surface area (Å²) in [4.78, 5) is 48.8. The van der Waals surface area contributed by atoms with Crippen LogP contribution in [0.3, 0.4) is 0 Å². The van der Waals surface area contributed by atoms with Crippen molar-refractivity contribution in [3.05, 3.63) is 24.3 Å². The van der Waals surface area contributed by atoms with Gasteiger partial charge in [0.1, 0.15) is 11.7 Å². The van der Waals surface area contributed by atoms with Crippen molar-refractivity contribution in [2.75, 3.05) is 33.7 Å². The summed E-state index contributed by atoms with van der Waals surface area (Å²) in [6, 6.07) is -0.706. The van der Waals surface area contributed by atoms with E-state index >= 15 is 0 Å². The van der Waals surface area contributed by atoms with Crippen LogP contribution >= 0.6 is 0 Å². The van der Waals surface area contributed by atoms with Crippen molar-refractivity contribution in [2.24, 2.45) is 0 Å². The average Bonchev–Trinajstić information content (AvgIpc) is 2.53. The molecule has 0 saturated carbocycles. The molecule has 118 valence electrons. The molecule has 0 aliphatic carbocycles. The summed E-state index contributed by atoms with van der Waals surface area (Å²) in [7, 11) is 3.25. The van der Waals surface area contributed by atoms with Crippen LogP contribution in [0.5, 0.6) is 0 Å². The molecule has 1 aromatic rings. The monoisotopic (exact) mass is 305 g/mol. The molecule has 22 heavy (non-hydrogen) atoms. The third-order valence-corrected chi connectivity index (χ3v) is 3.59. The van der Waals surface area contributed by atoms with Gasteiger partial charge >= 0.3 is 0 Å². The zero-order valence-electron chi connectivity index (χ0n) is 12.9. The van der Waals surface area contributed by atoms with Crippen molar-refractivity contribution >= 4 is 17.7 Å². The standard InChI is InChI=1S/C14H19N5O3/c1-10(20)18-6-7-19(12(9-18)14(22)17(2)3)13(21)11-8-15-4-5-16-11/h4-5,8,12H,6-7,9H2,1-3H3/t12-/m1/s1. The van der Waals surface area contributed by atoms with Gasteiger partial charge in [-0.3, -0.25) is 19.4 Å². The molecule has 1 aliphatic rings. The van der Waals surface area contributed by atoms with Gasteiger partial charge in [-0.05, 0) is 0 Å². The molecule has 2 rings (SSSR count). The Bertz CT molecular complexity index is 575. The third kappa shape index (κ3) is 3.21. The van der Waals surface area contributed by atoms with E-state index in [4.69, 9.17) is 0 Å². The molecule has 3 amide bonds. The van der Waals surface area contributed by atoms with Crippen molar-refractivity contribution in [3.8, 4) is 0 Å². The Morgan fingerprint density at radius 1 is 1.23 bits per heavy atom. The smallest absolute Gasteiger partial charge is 0.274 e. The lowest BCUT2D eigenvalue weighted by molar-refractivity contribution is -0.139. The minimum Gasteiger partial charge on any atom is -0.347 e. The average molecular weight is 305 g/mol. The summed E-state index contributed by atoms with van der Waals surface area (Å²) in [5.41, 5.74) is 0.190. The van der Waals surface area contributed by atoms with E-state index in [1.165, 1.54) is 35.3 Å². The predicted molar refractivity (Wildman–Crippen MR) is 77.8 cm³/mol. The van der Waals surface area contributed by atoms with Gasteiger partial charge in [0.15, 0.2) is 0 Å². The molecule has 0 aromatic carbocycles. The first-order valence-electron chi connectivity index (χ1n) is 6.95. The largest absolute Gasteiger partial charge is 0.347 e. The van der Waals surface area contributed by atoms with E-state index in [2.05, 4.69) is 9.97 Å². The van der Waals surface area contributed by atoms with E-state index in [0.717, 1.165) is 0 Å². The Morgan fingerprint density at radius 2 is 1.95 bits per heavy atom. The maximum Gasteiger partial charge on any atom is 0.274 e. The lowest BCUT2D eigenvalue weighted by atomic mass is 10.1. The SMILES string of the molecule is CC(=O)N1CCN(C(=O)c2cnccn2)[C@@H](C(=O)N(C)C)C1. The number of piperazine rings is 1. The van der Waals surface area contributed by atoms with Crippen LogP contribution < -0.4 is 0 Å². The fourth-order valence-electron chi connectivity index (χ4n) is 2.38. The quantitative estimate of drug-likeness (QED) is 0.716. The minimum absolute atomic E-state index is 0.108. The highest BCUT2D eigenvalue weighted by Gasteiger charge is 2.37. The molecule has 0 N–H and O–H groups in total. The Labute approximate surface area is 128 Å². The van der Waals surface area contributed by atoms with Crippen LogP contribution in [0.25, 0.3) is 0 Å². The Balaban J connectivity index is 2.26. The molecule has 1 aromatic heterocycles.